The van der Waals surface area contributed by atoms with E-state index in [2.05, 4.69) is 11.1 Å². The molecular weight excluding hydrogens is 386 g/mol. The van der Waals surface area contributed by atoms with Crippen molar-refractivity contribution in [2.75, 3.05) is 12.4 Å². The number of benzene rings is 1. The third-order valence-corrected chi connectivity index (χ3v) is 7.38. The van der Waals surface area contributed by atoms with E-state index in [1.807, 2.05) is 19.1 Å². The number of hydrogen-bond donors (Lipinski definition) is 2. The number of nitrogens with one attached hydrogen (secondary N) is 1. The number of sulfone groups is 1. The van der Waals surface area contributed by atoms with Gasteiger partial charge in [0, 0.05) is 23.4 Å². The first kappa shape index (κ1) is 21.5. The Labute approximate surface area is 172 Å². The SMILES string of the molecule is CCc1ccc(/C(=C\C2CCCC2)c2ccc(S(=O)(=O)CCCO)cc2)[nH]c1=O. The van der Waals surface area contributed by atoms with Crippen LogP contribution in [0.15, 0.2) is 52.2 Å². The van der Waals surface area contributed by atoms with Crippen LogP contribution in [0, 0.1) is 5.92 Å². The second-order valence-electron chi connectivity index (χ2n) is 7.63. The Kier molecular flexibility index (Phi) is 7.09. The number of aryl methyl sites for hydroxylation is 1. The number of aromatic nitrogens is 1. The van der Waals surface area contributed by atoms with E-state index < -0.39 is 9.84 Å². The first-order valence-electron chi connectivity index (χ1n) is 10.3. The molecule has 0 spiro atoms. The summed E-state index contributed by atoms with van der Waals surface area (Å²) in [4.78, 5) is 15.6. The average molecular weight is 416 g/mol. The van der Waals surface area contributed by atoms with Gasteiger partial charge in [-0.15, -0.1) is 0 Å². The van der Waals surface area contributed by atoms with Crippen molar-refractivity contribution in [2.45, 2.75) is 50.3 Å². The van der Waals surface area contributed by atoms with Crippen molar-refractivity contribution in [3.8, 4) is 0 Å². The molecule has 0 amide bonds. The average Bonchev–Trinajstić information content (AvgIpc) is 3.24. The molecule has 3 rings (SSSR count). The van der Waals surface area contributed by atoms with Gasteiger partial charge < -0.3 is 10.1 Å². The zero-order valence-corrected chi connectivity index (χ0v) is 17.7. The number of rotatable bonds is 8. The topological polar surface area (TPSA) is 87.2 Å². The lowest BCUT2D eigenvalue weighted by Gasteiger charge is -2.13. The zero-order chi connectivity index (χ0) is 20.9. The quantitative estimate of drug-likeness (QED) is 0.688. The Morgan fingerprint density at radius 2 is 1.83 bits per heavy atom. The summed E-state index contributed by atoms with van der Waals surface area (Å²) < 4.78 is 24.7. The Morgan fingerprint density at radius 3 is 2.41 bits per heavy atom. The predicted molar refractivity (Wildman–Crippen MR) is 116 cm³/mol. The molecule has 2 N–H and O–H groups in total. The molecule has 0 radical (unpaired) electrons. The van der Waals surface area contributed by atoms with Gasteiger partial charge in [0.05, 0.1) is 10.6 Å². The van der Waals surface area contributed by atoms with Gasteiger partial charge in [-0.25, -0.2) is 8.42 Å². The van der Waals surface area contributed by atoms with E-state index in [1.54, 1.807) is 24.3 Å². The van der Waals surface area contributed by atoms with E-state index in [9.17, 15) is 13.2 Å². The van der Waals surface area contributed by atoms with Crippen LogP contribution in [0.4, 0.5) is 0 Å². The summed E-state index contributed by atoms with van der Waals surface area (Å²) in [5.41, 5.74) is 3.26. The molecule has 1 heterocycles. The Morgan fingerprint density at radius 1 is 1.14 bits per heavy atom. The number of aliphatic hydroxyl groups excluding tert-OH is 1. The molecular formula is C23H29NO4S. The lowest BCUT2D eigenvalue weighted by atomic mass is 9.95. The predicted octanol–water partition coefficient (Wildman–Crippen LogP) is 3.72. The second kappa shape index (κ2) is 9.55. The standard InChI is InChI=1S/C23H29NO4S/c1-2-18-10-13-22(24-23(18)26)21(16-17-6-3-4-7-17)19-8-11-20(12-9-19)29(27,28)15-5-14-25/h8-13,16-17,25H,2-7,14-15H2,1H3,(H,24,26)/b21-16-. The monoisotopic (exact) mass is 415 g/mol. The minimum Gasteiger partial charge on any atom is -0.396 e. The van der Waals surface area contributed by atoms with Gasteiger partial charge in [0.2, 0.25) is 0 Å². The van der Waals surface area contributed by atoms with E-state index in [0.717, 1.165) is 35.2 Å². The lowest BCUT2D eigenvalue weighted by Crippen LogP contribution is -2.14. The first-order valence-corrected chi connectivity index (χ1v) is 12.0. The maximum absolute atomic E-state index is 12.4. The molecule has 1 fully saturated rings. The Balaban J connectivity index is 1.98. The summed E-state index contributed by atoms with van der Waals surface area (Å²) in [6.45, 7) is 1.81. The minimum absolute atomic E-state index is 0.0700. The smallest absolute Gasteiger partial charge is 0.251 e. The van der Waals surface area contributed by atoms with Gasteiger partial charge in [0.15, 0.2) is 9.84 Å². The van der Waals surface area contributed by atoms with Crippen LogP contribution >= 0.6 is 0 Å². The van der Waals surface area contributed by atoms with Crippen LogP contribution in [0.1, 0.15) is 55.8 Å². The van der Waals surface area contributed by atoms with Crippen LogP contribution < -0.4 is 5.56 Å². The summed E-state index contributed by atoms with van der Waals surface area (Å²) in [7, 11) is -3.40. The molecule has 6 heteroatoms. The van der Waals surface area contributed by atoms with Crippen molar-refractivity contribution < 1.29 is 13.5 Å². The van der Waals surface area contributed by atoms with Gasteiger partial charge in [0.1, 0.15) is 0 Å². The first-order chi connectivity index (χ1) is 13.9. The van der Waals surface area contributed by atoms with E-state index in [4.69, 9.17) is 5.11 Å². The molecule has 5 nitrogen and oxygen atoms in total. The van der Waals surface area contributed by atoms with Crippen molar-refractivity contribution in [3.63, 3.8) is 0 Å². The number of hydrogen-bond acceptors (Lipinski definition) is 4. The molecule has 1 aromatic heterocycles. The number of H-pyrrole nitrogens is 1. The van der Waals surface area contributed by atoms with Gasteiger partial charge in [-0.1, -0.05) is 44.0 Å². The number of aliphatic hydroxyl groups is 1. The van der Waals surface area contributed by atoms with Crippen molar-refractivity contribution in [1.82, 2.24) is 4.98 Å². The van der Waals surface area contributed by atoms with Gasteiger partial charge in [-0.2, -0.15) is 0 Å². The molecule has 0 atom stereocenters. The molecule has 1 aromatic carbocycles. The highest BCUT2D eigenvalue weighted by atomic mass is 32.2. The largest absolute Gasteiger partial charge is 0.396 e. The van der Waals surface area contributed by atoms with Gasteiger partial charge in [0.25, 0.3) is 5.56 Å². The fraction of sp³-hybridized carbons (Fsp3) is 0.435. The molecule has 0 unspecified atom stereocenters. The van der Waals surface area contributed by atoms with Crippen LogP contribution in [0.5, 0.6) is 0 Å². The third kappa shape index (κ3) is 5.25. The molecule has 29 heavy (non-hydrogen) atoms. The van der Waals surface area contributed by atoms with Crippen molar-refractivity contribution in [1.29, 1.82) is 0 Å². The molecule has 0 bridgehead atoms. The number of allylic oxidation sites excluding steroid dienone is 1. The summed E-state index contributed by atoms with van der Waals surface area (Å²) >= 11 is 0. The van der Waals surface area contributed by atoms with E-state index >= 15 is 0 Å². The maximum Gasteiger partial charge on any atom is 0.251 e. The van der Waals surface area contributed by atoms with Crippen molar-refractivity contribution in [2.24, 2.45) is 5.92 Å². The Bertz CT molecular complexity index is 1010. The van der Waals surface area contributed by atoms with E-state index in [-0.39, 0.29) is 29.2 Å². The van der Waals surface area contributed by atoms with Crippen LogP contribution in [0.2, 0.25) is 0 Å². The molecule has 2 aromatic rings. The molecule has 0 aliphatic heterocycles. The van der Waals surface area contributed by atoms with E-state index in [1.165, 1.54) is 12.8 Å². The van der Waals surface area contributed by atoms with Crippen LogP contribution in [-0.4, -0.2) is 30.9 Å². The normalized spacial score (nSPS) is 15.7. The van der Waals surface area contributed by atoms with Gasteiger partial charge >= 0.3 is 0 Å². The summed E-state index contributed by atoms with van der Waals surface area (Å²) in [5, 5.41) is 8.91. The van der Waals surface area contributed by atoms with Crippen LogP contribution in [0.3, 0.4) is 0 Å². The van der Waals surface area contributed by atoms with Gasteiger partial charge in [-0.05, 0) is 55.4 Å². The number of aromatic amines is 1. The Hall–Kier alpha value is -2.18. The summed E-state index contributed by atoms with van der Waals surface area (Å²) in [6.07, 6.45) is 7.81. The lowest BCUT2D eigenvalue weighted by molar-refractivity contribution is 0.295. The maximum atomic E-state index is 12.4. The summed E-state index contributed by atoms with van der Waals surface area (Å²) in [6, 6.07) is 10.6. The highest BCUT2D eigenvalue weighted by molar-refractivity contribution is 7.91. The fourth-order valence-electron chi connectivity index (χ4n) is 3.85. The minimum atomic E-state index is -3.40. The molecule has 156 valence electrons. The molecule has 1 aliphatic carbocycles. The third-order valence-electron chi connectivity index (χ3n) is 5.56. The van der Waals surface area contributed by atoms with Crippen molar-refractivity contribution in [3.05, 3.63) is 69.6 Å². The molecule has 0 saturated heterocycles. The van der Waals surface area contributed by atoms with Crippen LogP contribution in [0.25, 0.3) is 5.57 Å². The van der Waals surface area contributed by atoms with Crippen molar-refractivity contribution >= 4 is 15.4 Å². The zero-order valence-electron chi connectivity index (χ0n) is 16.9. The summed E-state index contributed by atoms with van der Waals surface area (Å²) in [5.74, 6) is 0.395. The van der Waals surface area contributed by atoms with E-state index in [0.29, 0.717) is 12.3 Å². The number of pyridine rings is 1. The second-order valence-corrected chi connectivity index (χ2v) is 9.73. The fourth-order valence-corrected chi connectivity index (χ4v) is 5.15. The molecule has 1 aliphatic rings. The molecule has 1 saturated carbocycles. The van der Waals surface area contributed by atoms with Crippen LogP contribution in [-0.2, 0) is 16.3 Å². The highest BCUT2D eigenvalue weighted by Crippen LogP contribution is 2.32. The highest BCUT2D eigenvalue weighted by Gasteiger charge is 2.18. The van der Waals surface area contributed by atoms with Gasteiger partial charge in [-0.3, -0.25) is 4.79 Å².